The number of sulfone groups is 1. The topological polar surface area (TPSA) is 73.0 Å². The third-order valence-corrected chi connectivity index (χ3v) is 8.10. The second-order valence-corrected chi connectivity index (χ2v) is 10.1. The van der Waals surface area contributed by atoms with Crippen LogP contribution in [0.15, 0.2) is 66.0 Å². The molecule has 4 aromatic rings. The van der Waals surface area contributed by atoms with Gasteiger partial charge in [-0.25, -0.2) is 17.5 Å². The van der Waals surface area contributed by atoms with Crippen LogP contribution in [-0.4, -0.2) is 46.3 Å². The molecule has 7 nitrogen and oxygen atoms in total. The minimum Gasteiger partial charge on any atom is -0.371 e. The van der Waals surface area contributed by atoms with Crippen molar-refractivity contribution in [1.29, 1.82) is 0 Å². The molecular formula is C22H22FN5O2S. The lowest BCUT2D eigenvalue weighted by Crippen LogP contribution is -2.39. The summed E-state index contributed by atoms with van der Waals surface area (Å²) in [5, 5.41) is 9.04. The van der Waals surface area contributed by atoms with Gasteiger partial charge >= 0.3 is 0 Å². The highest BCUT2D eigenvalue weighted by molar-refractivity contribution is 7.92. The maximum Gasteiger partial charge on any atom is 0.184 e. The van der Waals surface area contributed by atoms with E-state index in [1.807, 2.05) is 12.1 Å². The van der Waals surface area contributed by atoms with Gasteiger partial charge in [-0.15, -0.1) is 0 Å². The summed E-state index contributed by atoms with van der Waals surface area (Å²) >= 11 is 0. The Hall–Kier alpha value is -3.20. The molecule has 2 aromatic carbocycles. The van der Waals surface area contributed by atoms with Crippen molar-refractivity contribution in [2.24, 2.45) is 7.05 Å². The van der Waals surface area contributed by atoms with Gasteiger partial charge in [0.2, 0.25) is 0 Å². The average molecular weight is 440 g/mol. The van der Waals surface area contributed by atoms with Crippen LogP contribution in [0.5, 0.6) is 0 Å². The Labute approximate surface area is 179 Å². The fourth-order valence-electron chi connectivity index (χ4n) is 4.17. The van der Waals surface area contributed by atoms with Gasteiger partial charge in [-0.1, -0.05) is 0 Å². The Morgan fingerprint density at radius 3 is 2.35 bits per heavy atom. The van der Waals surface area contributed by atoms with Crippen molar-refractivity contribution in [1.82, 2.24) is 19.6 Å². The number of fused-ring (bicyclic) bond motifs is 1. The fourth-order valence-corrected chi connectivity index (χ4v) is 5.88. The number of benzene rings is 2. The Morgan fingerprint density at radius 2 is 1.68 bits per heavy atom. The molecular weight excluding hydrogens is 417 g/mol. The Balaban J connectivity index is 1.34. The van der Waals surface area contributed by atoms with Gasteiger partial charge in [0.1, 0.15) is 10.7 Å². The Morgan fingerprint density at radius 1 is 0.968 bits per heavy atom. The first-order chi connectivity index (χ1) is 14.9. The van der Waals surface area contributed by atoms with E-state index in [4.69, 9.17) is 0 Å². The van der Waals surface area contributed by atoms with Crippen LogP contribution >= 0.6 is 0 Å². The lowest BCUT2D eigenvalue weighted by atomic mass is 10.1. The summed E-state index contributed by atoms with van der Waals surface area (Å²) in [6.45, 7) is 1.34. The molecule has 0 unspecified atom stereocenters. The molecule has 9 heteroatoms. The first-order valence-corrected chi connectivity index (χ1v) is 11.7. The molecule has 1 saturated heterocycles. The van der Waals surface area contributed by atoms with Crippen LogP contribution in [0.4, 0.5) is 10.1 Å². The van der Waals surface area contributed by atoms with Gasteiger partial charge < -0.3 is 4.90 Å². The monoisotopic (exact) mass is 439 g/mol. The molecule has 0 N–H and O–H groups in total. The third-order valence-electron chi connectivity index (χ3n) is 5.88. The summed E-state index contributed by atoms with van der Waals surface area (Å²) < 4.78 is 42.3. The van der Waals surface area contributed by atoms with Crippen LogP contribution in [0.25, 0.3) is 16.6 Å². The first-order valence-electron chi connectivity index (χ1n) is 10.1. The van der Waals surface area contributed by atoms with Gasteiger partial charge in [-0.05, 0) is 55.3 Å². The molecule has 3 heterocycles. The third kappa shape index (κ3) is 3.59. The largest absolute Gasteiger partial charge is 0.371 e. The number of aromatic nitrogens is 4. The zero-order chi connectivity index (χ0) is 21.6. The second kappa shape index (κ2) is 7.49. The van der Waals surface area contributed by atoms with Crippen molar-refractivity contribution < 1.29 is 12.8 Å². The summed E-state index contributed by atoms with van der Waals surface area (Å²) in [5.41, 5.74) is 2.78. The van der Waals surface area contributed by atoms with Crippen LogP contribution in [0, 0.1) is 5.82 Å². The van der Waals surface area contributed by atoms with Gasteiger partial charge in [-0.3, -0.25) is 4.68 Å². The highest BCUT2D eigenvalue weighted by Crippen LogP contribution is 2.29. The average Bonchev–Trinajstić information content (AvgIpc) is 3.41. The smallest absolute Gasteiger partial charge is 0.184 e. The number of aryl methyl sites for hydroxylation is 1. The van der Waals surface area contributed by atoms with E-state index in [-0.39, 0.29) is 5.82 Å². The zero-order valence-electron chi connectivity index (χ0n) is 17.0. The van der Waals surface area contributed by atoms with Crippen LogP contribution in [0.1, 0.15) is 12.8 Å². The minimum atomic E-state index is -3.36. The zero-order valence-corrected chi connectivity index (χ0v) is 17.8. The molecule has 2 aromatic heterocycles. The summed E-state index contributed by atoms with van der Waals surface area (Å²) in [4.78, 5) is 2.51. The quantitative estimate of drug-likeness (QED) is 0.488. The Kier molecular flexibility index (Phi) is 4.77. The summed E-state index contributed by atoms with van der Waals surface area (Å²) in [6, 6.07) is 12.3. The number of hydrogen-bond donors (Lipinski definition) is 0. The maximum absolute atomic E-state index is 13.2. The SMILES string of the molecule is Cn1cc(S(=O)(=O)C2CCN(c3ccc4c(cnn4-c4ccc(F)cc4)c3)CC2)cn1. The normalized spacial score (nSPS) is 15.6. The fraction of sp³-hybridized carbons (Fsp3) is 0.273. The predicted molar refractivity (Wildman–Crippen MR) is 117 cm³/mol. The van der Waals surface area contributed by atoms with E-state index < -0.39 is 15.1 Å². The van der Waals surface area contributed by atoms with Crippen molar-refractivity contribution in [3.8, 4) is 5.69 Å². The number of halogens is 1. The number of anilines is 1. The van der Waals surface area contributed by atoms with Gasteiger partial charge in [0.05, 0.1) is 28.8 Å². The standard InChI is InChI=1S/C22H22FN5O2S/c1-26-15-21(14-24-26)31(29,30)20-8-10-27(11-9-20)19-6-7-22-16(12-19)13-25-28(22)18-4-2-17(23)3-5-18/h2-7,12-15,20H,8-11H2,1H3. The number of nitrogens with zero attached hydrogens (tertiary/aromatic N) is 5. The molecule has 1 fully saturated rings. The summed E-state index contributed by atoms with van der Waals surface area (Å²) in [7, 11) is -1.64. The molecule has 0 atom stereocenters. The van der Waals surface area contributed by atoms with Gasteiger partial charge in [0.15, 0.2) is 9.84 Å². The Bertz CT molecular complexity index is 1340. The van der Waals surface area contributed by atoms with Gasteiger partial charge in [-0.2, -0.15) is 10.2 Å². The molecule has 5 rings (SSSR count). The maximum atomic E-state index is 13.2. The van der Waals surface area contributed by atoms with Crippen molar-refractivity contribution in [2.45, 2.75) is 23.0 Å². The lowest BCUT2D eigenvalue weighted by Gasteiger charge is -2.33. The van der Waals surface area contributed by atoms with E-state index in [9.17, 15) is 12.8 Å². The molecule has 0 radical (unpaired) electrons. The molecule has 0 bridgehead atoms. The molecule has 1 aliphatic heterocycles. The van der Waals surface area contributed by atoms with E-state index in [0.29, 0.717) is 30.8 Å². The molecule has 0 aliphatic carbocycles. The van der Waals surface area contributed by atoms with E-state index in [1.54, 1.807) is 36.3 Å². The molecule has 0 saturated carbocycles. The lowest BCUT2D eigenvalue weighted by molar-refractivity contribution is 0.530. The van der Waals surface area contributed by atoms with Gasteiger partial charge in [0.25, 0.3) is 0 Å². The van der Waals surface area contributed by atoms with Crippen LogP contribution < -0.4 is 4.90 Å². The second-order valence-electron chi connectivity index (χ2n) is 7.86. The van der Waals surface area contributed by atoms with Crippen molar-refractivity contribution >= 4 is 26.4 Å². The van der Waals surface area contributed by atoms with Crippen molar-refractivity contribution in [3.05, 3.63) is 66.9 Å². The number of rotatable bonds is 4. The van der Waals surface area contributed by atoms with Crippen LogP contribution in [-0.2, 0) is 16.9 Å². The molecule has 160 valence electrons. The van der Waals surface area contributed by atoms with Crippen LogP contribution in [0.2, 0.25) is 0 Å². The van der Waals surface area contributed by atoms with E-state index in [0.717, 1.165) is 22.3 Å². The molecule has 0 spiro atoms. The highest BCUT2D eigenvalue weighted by Gasteiger charge is 2.32. The number of piperidine rings is 1. The summed E-state index contributed by atoms with van der Waals surface area (Å²) in [5.74, 6) is -0.281. The van der Waals surface area contributed by atoms with Gasteiger partial charge in [0, 0.05) is 37.4 Å². The first kappa shape index (κ1) is 19.7. The molecule has 0 amide bonds. The van der Waals surface area contributed by atoms with E-state index >= 15 is 0 Å². The van der Waals surface area contributed by atoms with Crippen molar-refractivity contribution in [2.75, 3.05) is 18.0 Å². The van der Waals surface area contributed by atoms with E-state index in [2.05, 4.69) is 21.2 Å². The van der Waals surface area contributed by atoms with Crippen molar-refractivity contribution in [3.63, 3.8) is 0 Å². The minimum absolute atomic E-state index is 0.281. The van der Waals surface area contributed by atoms with E-state index in [1.165, 1.54) is 23.0 Å². The highest BCUT2D eigenvalue weighted by atomic mass is 32.2. The number of hydrogen-bond acceptors (Lipinski definition) is 5. The predicted octanol–water partition coefficient (Wildman–Crippen LogP) is 3.34. The summed E-state index contributed by atoms with van der Waals surface area (Å²) in [6.07, 6.45) is 5.93. The molecule has 31 heavy (non-hydrogen) atoms. The van der Waals surface area contributed by atoms with Crippen LogP contribution in [0.3, 0.4) is 0 Å². The molecule has 1 aliphatic rings.